The number of carbonyl (C=O) groups excluding carboxylic acids is 2. The van der Waals surface area contributed by atoms with Crippen LogP contribution < -0.4 is 10.6 Å². The molecule has 0 spiro atoms. The third-order valence-corrected chi connectivity index (χ3v) is 8.59. The van der Waals surface area contributed by atoms with E-state index < -0.39 is 36.5 Å². The van der Waals surface area contributed by atoms with E-state index in [0.717, 1.165) is 18.4 Å². The van der Waals surface area contributed by atoms with Crippen LogP contribution in [0.2, 0.25) is 0 Å². The van der Waals surface area contributed by atoms with Crippen molar-refractivity contribution in [2.24, 2.45) is 11.8 Å². The van der Waals surface area contributed by atoms with Crippen LogP contribution in [0.3, 0.4) is 0 Å². The maximum absolute atomic E-state index is 13.9. The number of hydrogen-bond donors (Lipinski definition) is 3. The van der Waals surface area contributed by atoms with Gasteiger partial charge in [0.05, 0.1) is 23.2 Å². The van der Waals surface area contributed by atoms with Crippen LogP contribution in [0.25, 0.3) is 11.0 Å². The minimum atomic E-state index is -2.94. The molecule has 3 heterocycles. The van der Waals surface area contributed by atoms with E-state index in [9.17, 15) is 27.2 Å². The van der Waals surface area contributed by atoms with E-state index >= 15 is 0 Å². The van der Waals surface area contributed by atoms with Crippen molar-refractivity contribution >= 4 is 22.8 Å². The number of rotatable bonds is 10. The van der Waals surface area contributed by atoms with Crippen molar-refractivity contribution in [1.82, 2.24) is 30.4 Å². The average Bonchev–Trinajstić information content (AvgIpc) is 3.47. The van der Waals surface area contributed by atoms with Gasteiger partial charge in [-0.25, -0.2) is 22.5 Å². The standard InChI is InChI=1S/C30H36F4N6O3/c1-16(2)40-22(8-10-35-40)28(42)39-26(23-7-9-29(31,32)15-43-23)27-36-20-6-5-19(12-21(20)37-27)25(18-3-4-18)38-24(41)11-17-13-30(33,34)14-17/h5-6,8,10,12,16-18,23,25-26H,3-4,7,9,11,13-15H2,1-2H3,(H,36,37)(H,38,41)(H,39,42)/t23-,25?,26?/m0/s1. The molecule has 0 radical (unpaired) electrons. The van der Waals surface area contributed by atoms with E-state index in [1.165, 1.54) is 6.20 Å². The minimum Gasteiger partial charge on any atom is -0.369 e. The topological polar surface area (TPSA) is 114 Å². The summed E-state index contributed by atoms with van der Waals surface area (Å²) >= 11 is 0. The van der Waals surface area contributed by atoms with E-state index in [1.54, 1.807) is 16.8 Å². The van der Waals surface area contributed by atoms with Gasteiger partial charge >= 0.3 is 0 Å². The van der Waals surface area contributed by atoms with Gasteiger partial charge in [0.15, 0.2) is 0 Å². The fourth-order valence-corrected chi connectivity index (χ4v) is 6.17. The van der Waals surface area contributed by atoms with Gasteiger partial charge in [0.2, 0.25) is 11.8 Å². The van der Waals surface area contributed by atoms with Crippen LogP contribution >= 0.6 is 0 Å². The van der Waals surface area contributed by atoms with E-state index in [1.807, 2.05) is 26.0 Å². The molecule has 2 aliphatic carbocycles. The van der Waals surface area contributed by atoms with Crippen LogP contribution in [0, 0.1) is 11.8 Å². The highest BCUT2D eigenvalue weighted by atomic mass is 19.3. The molecule has 9 nitrogen and oxygen atoms in total. The summed E-state index contributed by atoms with van der Waals surface area (Å²) in [6, 6.07) is 5.99. The number of alkyl halides is 4. The van der Waals surface area contributed by atoms with Crippen LogP contribution in [-0.2, 0) is 9.53 Å². The first-order valence-electron chi connectivity index (χ1n) is 14.9. The highest BCUT2D eigenvalue weighted by molar-refractivity contribution is 5.93. The zero-order valence-corrected chi connectivity index (χ0v) is 24.1. The van der Waals surface area contributed by atoms with Crippen LogP contribution in [0.15, 0.2) is 30.5 Å². The molecule has 43 heavy (non-hydrogen) atoms. The van der Waals surface area contributed by atoms with Crippen molar-refractivity contribution in [3.8, 4) is 0 Å². The summed E-state index contributed by atoms with van der Waals surface area (Å²) in [5.41, 5.74) is 2.43. The van der Waals surface area contributed by atoms with Crippen LogP contribution in [-0.4, -0.2) is 56.1 Å². The number of aromatic amines is 1. The Kier molecular flexibility index (Phi) is 7.72. The summed E-state index contributed by atoms with van der Waals surface area (Å²) in [4.78, 5) is 34.0. The highest BCUT2D eigenvalue weighted by Gasteiger charge is 2.46. The first kappa shape index (κ1) is 29.6. The molecule has 2 aromatic heterocycles. The van der Waals surface area contributed by atoms with Gasteiger partial charge in [0, 0.05) is 37.9 Å². The van der Waals surface area contributed by atoms with Crippen molar-refractivity contribution in [1.29, 1.82) is 0 Å². The third-order valence-electron chi connectivity index (χ3n) is 8.59. The van der Waals surface area contributed by atoms with Crippen molar-refractivity contribution < 1.29 is 31.9 Å². The van der Waals surface area contributed by atoms with Gasteiger partial charge in [-0.3, -0.25) is 14.3 Å². The fourth-order valence-electron chi connectivity index (χ4n) is 6.17. The molecule has 3 N–H and O–H groups in total. The summed E-state index contributed by atoms with van der Waals surface area (Å²) in [7, 11) is 0. The Hall–Kier alpha value is -3.48. The molecule has 1 aromatic carbocycles. The largest absolute Gasteiger partial charge is 0.369 e. The minimum absolute atomic E-state index is 0.0202. The second-order valence-corrected chi connectivity index (χ2v) is 12.6. The number of aromatic nitrogens is 4. The second kappa shape index (κ2) is 11.2. The number of benzene rings is 1. The number of fused-ring (bicyclic) bond motifs is 1. The number of halogens is 4. The number of H-pyrrole nitrogens is 1. The summed E-state index contributed by atoms with van der Waals surface area (Å²) in [6.45, 7) is 3.04. The van der Waals surface area contributed by atoms with Crippen molar-refractivity contribution in [3.05, 3.63) is 47.5 Å². The molecule has 232 valence electrons. The molecule has 3 atom stereocenters. The van der Waals surface area contributed by atoms with Gasteiger partial charge in [-0.05, 0) is 68.7 Å². The van der Waals surface area contributed by atoms with Crippen molar-refractivity contribution in [2.75, 3.05) is 6.61 Å². The highest BCUT2D eigenvalue weighted by Crippen LogP contribution is 2.45. The predicted octanol–water partition coefficient (Wildman–Crippen LogP) is 5.63. The van der Waals surface area contributed by atoms with Crippen molar-refractivity contribution in [3.63, 3.8) is 0 Å². The molecule has 2 saturated carbocycles. The molecule has 2 unspecified atom stereocenters. The third kappa shape index (κ3) is 6.56. The van der Waals surface area contributed by atoms with Gasteiger partial charge in [-0.15, -0.1) is 0 Å². The number of imidazole rings is 1. The average molecular weight is 605 g/mol. The molecular weight excluding hydrogens is 568 g/mol. The van der Waals surface area contributed by atoms with E-state index in [-0.39, 0.29) is 61.9 Å². The van der Waals surface area contributed by atoms with Gasteiger partial charge in [0.1, 0.15) is 24.2 Å². The summed E-state index contributed by atoms with van der Waals surface area (Å²) in [6.07, 6.45) is 1.90. The lowest BCUT2D eigenvalue weighted by molar-refractivity contribution is -0.151. The van der Waals surface area contributed by atoms with Gasteiger partial charge in [-0.2, -0.15) is 5.10 Å². The SMILES string of the molecule is CC(C)n1nccc1C(=O)NC(c1nc2ccc(C(NC(=O)CC3CC(F)(F)C3)C3CC3)cc2[nH]1)[C@@H]1CCC(F)(F)CO1. The summed E-state index contributed by atoms with van der Waals surface area (Å²) in [5.74, 6) is -5.96. The quantitative estimate of drug-likeness (QED) is 0.260. The molecular formula is C30H36F4N6O3. The first-order chi connectivity index (χ1) is 20.4. The summed E-state index contributed by atoms with van der Waals surface area (Å²) in [5, 5.41) is 10.2. The van der Waals surface area contributed by atoms with E-state index in [2.05, 4.69) is 20.7 Å². The molecule has 3 fully saturated rings. The Morgan fingerprint density at radius 3 is 2.49 bits per heavy atom. The number of amides is 2. The number of nitrogens with one attached hydrogen (secondary N) is 3. The Bertz CT molecular complexity index is 1480. The predicted molar refractivity (Wildman–Crippen MR) is 149 cm³/mol. The molecule has 1 saturated heterocycles. The molecule has 2 amide bonds. The first-order valence-corrected chi connectivity index (χ1v) is 14.9. The maximum atomic E-state index is 13.9. The van der Waals surface area contributed by atoms with Crippen LogP contribution in [0.5, 0.6) is 0 Å². The number of ether oxygens (including phenoxy) is 1. The normalized spacial score (nSPS) is 23.1. The Morgan fingerprint density at radius 1 is 1.07 bits per heavy atom. The Balaban J connectivity index is 1.24. The number of hydrogen-bond acceptors (Lipinski definition) is 5. The smallest absolute Gasteiger partial charge is 0.271 e. The number of carbonyl (C=O) groups is 2. The molecule has 1 aliphatic heterocycles. The lowest BCUT2D eigenvalue weighted by atomic mass is 9.79. The van der Waals surface area contributed by atoms with E-state index in [0.29, 0.717) is 22.6 Å². The van der Waals surface area contributed by atoms with Gasteiger partial charge in [0.25, 0.3) is 11.8 Å². The maximum Gasteiger partial charge on any atom is 0.271 e. The zero-order chi connectivity index (χ0) is 30.5. The number of nitrogens with zero attached hydrogens (tertiary/aromatic N) is 3. The van der Waals surface area contributed by atoms with E-state index in [4.69, 9.17) is 9.72 Å². The van der Waals surface area contributed by atoms with Gasteiger partial charge in [-0.1, -0.05) is 6.07 Å². The Labute approximate surface area is 246 Å². The lowest BCUT2D eigenvalue weighted by Crippen LogP contribution is -2.44. The van der Waals surface area contributed by atoms with Gasteiger partial charge < -0.3 is 20.4 Å². The molecule has 13 heteroatoms. The zero-order valence-electron chi connectivity index (χ0n) is 24.1. The lowest BCUT2D eigenvalue weighted by Gasteiger charge is -2.34. The molecule has 6 rings (SSSR count). The van der Waals surface area contributed by atoms with Crippen LogP contribution in [0.1, 0.15) is 98.8 Å². The second-order valence-electron chi connectivity index (χ2n) is 12.6. The Morgan fingerprint density at radius 2 is 1.84 bits per heavy atom. The fraction of sp³-hybridized carbons (Fsp3) is 0.600. The molecule has 0 bridgehead atoms. The summed E-state index contributed by atoms with van der Waals surface area (Å²) < 4.78 is 61.5. The molecule has 3 aliphatic rings. The van der Waals surface area contributed by atoms with Crippen molar-refractivity contribution in [2.45, 2.75) is 94.9 Å². The molecule has 3 aromatic rings. The monoisotopic (exact) mass is 604 g/mol. The van der Waals surface area contributed by atoms with Crippen LogP contribution in [0.4, 0.5) is 17.6 Å².